The molecule has 44 heavy (non-hydrogen) atoms. The van der Waals surface area contributed by atoms with Crippen LogP contribution in [0, 0.1) is 6.92 Å². The summed E-state index contributed by atoms with van der Waals surface area (Å²) in [5, 5.41) is -3.46. The Kier molecular flexibility index (Phi) is 8.28. The summed E-state index contributed by atoms with van der Waals surface area (Å²) < 4.78 is 34.0. The lowest BCUT2D eigenvalue weighted by Gasteiger charge is -2.36. The van der Waals surface area contributed by atoms with Crippen molar-refractivity contribution >= 4 is 64.2 Å². The minimum Gasteiger partial charge on any atom is -0.494 e. The van der Waals surface area contributed by atoms with E-state index in [-0.39, 0.29) is 45.7 Å². The molecule has 2 aromatic carbocycles. The summed E-state index contributed by atoms with van der Waals surface area (Å²) in [5.74, 6) is -0.133. The van der Waals surface area contributed by atoms with Crippen LogP contribution in [0.1, 0.15) is 52.0 Å². The van der Waals surface area contributed by atoms with Gasteiger partial charge in [-0.15, -0.1) is 0 Å². The minimum absolute atomic E-state index is 0.0649. The number of nitrogens with zero attached hydrogens (tertiary/aromatic N) is 3. The predicted octanol–water partition coefficient (Wildman–Crippen LogP) is 7.39. The number of nitrogens with one attached hydrogen (secondary N) is 1. The van der Waals surface area contributed by atoms with E-state index in [2.05, 4.69) is 4.98 Å². The van der Waals surface area contributed by atoms with Gasteiger partial charge in [-0.3, -0.25) is 14.5 Å². The SMILES string of the molecule is COc1c(N2CCCN(C3CC3)C2=O)cc2c(c1C)CN(C(=O)c1c(Sc3c(Cl)cccc3Cl)cc(C(F)(F)Cl)[nH]c1=O)C2. The molecule has 1 saturated heterocycles. The summed E-state index contributed by atoms with van der Waals surface area (Å²) in [7, 11) is 1.54. The average molecular weight is 684 g/mol. The molecule has 0 unspecified atom stereocenters. The van der Waals surface area contributed by atoms with E-state index in [9.17, 15) is 23.2 Å². The van der Waals surface area contributed by atoms with Gasteiger partial charge in [0.05, 0.1) is 22.8 Å². The number of halogens is 5. The third kappa shape index (κ3) is 5.63. The maximum Gasteiger partial charge on any atom is 0.362 e. The van der Waals surface area contributed by atoms with Crippen molar-refractivity contribution in [3.05, 3.63) is 78.7 Å². The van der Waals surface area contributed by atoms with Crippen LogP contribution in [0.4, 0.5) is 19.3 Å². The molecule has 14 heteroatoms. The Hall–Kier alpha value is -2.99. The summed E-state index contributed by atoms with van der Waals surface area (Å²) >= 11 is 18.7. The number of ether oxygens (including phenoxy) is 1. The van der Waals surface area contributed by atoms with E-state index in [0.29, 0.717) is 22.9 Å². The Balaban J connectivity index is 1.36. The second-order valence-corrected chi connectivity index (χ2v) is 13.3. The molecule has 8 nitrogen and oxygen atoms in total. The molecule has 1 saturated carbocycles. The van der Waals surface area contributed by atoms with E-state index in [1.54, 1.807) is 30.2 Å². The number of fused-ring (bicyclic) bond motifs is 1. The topological polar surface area (TPSA) is 85.9 Å². The number of urea groups is 1. The number of hydrogen-bond acceptors (Lipinski definition) is 5. The number of hydrogen-bond donors (Lipinski definition) is 1. The molecule has 3 amide bonds. The normalized spacial score (nSPS) is 16.9. The number of methoxy groups -OCH3 is 1. The van der Waals surface area contributed by atoms with Gasteiger partial charge in [0, 0.05) is 42.0 Å². The maximum absolute atomic E-state index is 14.1. The second kappa shape index (κ2) is 11.7. The van der Waals surface area contributed by atoms with Crippen LogP contribution in [-0.4, -0.2) is 53.0 Å². The number of H-pyrrole nitrogens is 1. The number of amides is 3. The number of aromatic amines is 1. The Morgan fingerprint density at radius 3 is 2.45 bits per heavy atom. The Bertz CT molecular complexity index is 1720. The number of aromatic nitrogens is 1. The number of benzene rings is 2. The van der Waals surface area contributed by atoms with E-state index < -0.39 is 22.5 Å². The Morgan fingerprint density at radius 1 is 1.11 bits per heavy atom. The zero-order chi connectivity index (χ0) is 31.5. The number of rotatable bonds is 7. The first kappa shape index (κ1) is 31.0. The highest BCUT2D eigenvalue weighted by atomic mass is 35.5. The van der Waals surface area contributed by atoms with Crippen molar-refractivity contribution in [3.8, 4) is 5.75 Å². The van der Waals surface area contributed by atoms with E-state index in [1.807, 2.05) is 17.9 Å². The molecule has 0 spiro atoms. The van der Waals surface area contributed by atoms with E-state index >= 15 is 0 Å². The fourth-order valence-corrected chi connectivity index (χ4v) is 7.56. The fourth-order valence-electron chi connectivity index (χ4n) is 5.82. The highest BCUT2D eigenvalue weighted by Gasteiger charge is 2.40. The van der Waals surface area contributed by atoms with Crippen LogP contribution in [-0.2, 0) is 18.5 Å². The monoisotopic (exact) mass is 682 g/mol. The van der Waals surface area contributed by atoms with Crippen LogP contribution in [0.25, 0.3) is 0 Å². The zero-order valence-corrected chi connectivity index (χ0v) is 26.8. The van der Waals surface area contributed by atoms with Crippen LogP contribution in [0.2, 0.25) is 10.0 Å². The van der Waals surface area contributed by atoms with Gasteiger partial charge in [0.2, 0.25) is 0 Å². The van der Waals surface area contributed by atoms with Gasteiger partial charge in [-0.1, -0.05) is 41.0 Å². The van der Waals surface area contributed by atoms with Crippen molar-refractivity contribution in [2.45, 2.75) is 60.5 Å². The van der Waals surface area contributed by atoms with E-state index in [0.717, 1.165) is 60.3 Å². The number of carbonyl (C=O) groups is 2. The number of carbonyl (C=O) groups excluding carboxylic acids is 2. The zero-order valence-electron chi connectivity index (χ0n) is 23.7. The lowest BCUT2D eigenvalue weighted by atomic mass is 10.0. The summed E-state index contributed by atoms with van der Waals surface area (Å²) in [6.45, 7) is 3.40. The quantitative estimate of drug-likeness (QED) is 0.263. The smallest absolute Gasteiger partial charge is 0.362 e. The lowest BCUT2D eigenvalue weighted by Crippen LogP contribution is -2.50. The van der Waals surface area contributed by atoms with E-state index in [4.69, 9.17) is 39.5 Å². The molecule has 6 rings (SSSR count). The van der Waals surface area contributed by atoms with Gasteiger partial charge in [0.15, 0.2) is 0 Å². The summed E-state index contributed by atoms with van der Waals surface area (Å²) in [4.78, 5) is 48.1. The molecule has 2 aliphatic heterocycles. The van der Waals surface area contributed by atoms with E-state index in [1.165, 1.54) is 4.90 Å². The Labute approximate surface area is 271 Å². The van der Waals surface area contributed by atoms with Gasteiger partial charge in [-0.05, 0) is 78.7 Å². The summed E-state index contributed by atoms with van der Waals surface area (Å²) in [6, 6.07) is 7.77. The van der Waals surface area contributed by atoms with Crippen LogP contribution in [0.3, 0.4) is 0 Å². The first-order valence-electron chi connectivity index (χ1n) is 13.9. The van der Waals surface area contributed by atoms with Gasteiger partial charge in [0.1, 0.15) is 17.0 Å². The third-order valence-electron chi connectivity index (χ3n) is 8.11. The number of anilines is 1. The van der Waals surface area contributed by atoms with Gasteiger partial charge in [-0.25, -0.2) is 4.79 Å². The largest absolute Gasteiger partial charge is 0.494 e. The summed E-state index contributed by atoms with van der Waals surface area (Å²) in [6.07, 6.45) is 2.83. The molecule has 0 radical (unpaired) electrons. The molecule has 1 aliphatic carbocycles. The van der Waals surface area contributed by atoms with Crippen molar-refractivity contribution in [2.75, 3.05) is 25.1 Å². The standard InChI is InChI=1S/C30H27Cl3F2N4O4S/c1-15-18-14-37(13-16(18)11-21(25(15)43-2)39-10-4-9-38(29(39)42)17-7-8-17)28(41)24-22(12-23(30(33,34)35)36-27(24)40)44-26-19(31)5-3-6-20(26)32/h3,5-6,11-12,17H,4,7-10,13-14H2,1-2H3,(H,36,40). The fraction of sp³-hybridized carbons (Fsp3) is 0.367. The lowest BCUT2D eigenvalue weighted by molar-refractivity contribution is 0.0740. The van der Waals surface area contributed by atoms with Crippen molar-refractivity contribution in [3.63, 3.8) is 0 Å². The molecular formula is C30H27Cl3F2N4O4S. The van der Waals surface area contributed by atoms with Gasteiger partial charge >= 0.3 is 11.4 Å². The van der Waals surface area contributed by atoms with Crippen LogP contribution >= 0.6 is 46.6 Å². The molecule has 1 aromatic heterocycles. The molecule has 0 atom stereocenters. The van der Waals surface area contributed by atoms with Gasteiger partial charge in [-0.2, -0.15) is 8.78 Å². The molecule has 232 valence electrons. The highest BCUT2D eigenvalue weighted by Crippen LogP contribution is 2.44. The average Bonchev–Trinajstić information content (AvgIpc) is 3.72. The summed E-state index contributed by atoms with van der Waals surface area (Å²) in [5.41, 5.74) is 0.786. The van der Waals surface area contributed by atoms with Crippen LogP contribution < -0.4 is 15.2 Å². The van der Waals surface area contributed by atoms with Crippen LogP contribution in [0.15, 0.2) is 44.9 Å². The molecule has 2 fully saturated rings. The highest BCUT2D eigenvalue weighted by molar-refractivity contribution is 7.99. The maximum atomic E-state index is 14.1. The second-order valence-electron chi connectivity index (χ2n) is 11.0. The molecule has 0 bridgehead atoms. The van der Waals surface area contributed by atoms with Crippen molar-refractivity contribution in [1.82, 2.24) is 14.8 Å². The molecule has 3 aliphatic rings. The minimum atomic E-state index is -3.89. The van der Waals surface area contributed by atoms with Crippen LogP contribution in [0.5, 0.6) is 5.75 Å². The van der Waals surface area contributed by atoms with Crippen molar-refractivity contribution < 1.29 is 23.1 Å². The molecule has 3 heterocycles. The van der Waals surface area contributed by atoms with Crippen molar-refractivity contribution in [1.29, 1.82) is 0 Å². The van der Waals surface area contributed by atoms with Crippen molar-refractivity contribution in [2.24, 2.45) is 0 Å². The molecular weight excluding hydrogens is 657 g/mol. The predicted molar refractivity (Wildman–Crippen MR) is 166 cm³/mol. The van der Waals surface area contributed by atoms with Gasteiger partial charge in [0.25, 0.3) is 11.5 Å². The first-order valence-corrected chi connectivity index (χ1v) is 15.9. The van der Waals surface area contributed by atoms with Gasteiger partial charge < -0.3 is 19.5 Å². The first-order chi connectivity index (χ1) is 20.9. The third-order valence-corrected chi connectivity index (χ3v) is 10.4. The number of alkyl halides is 3. The number of pyridine rings is 1. The molecule has 1 N–H and O–H groups in total. The molecule has 3 aromatic rings. The Morgan fingerprint density at radius 2 is 1.82 bits per heavy atom.